The lowest BCUT2D eigenvalue weighted by Gasteiger charge is -2.33. The highest BCUT2D eigenvalue weighted by Gasteiger charge is 2.31. The Labute approximate surface area is 484 Å². The van der Waals surface area contributed by atoms with Crippen LogP contribution < -0.4 is 4.90 Å². The van der Waals surface area contributed by atoms with E-state index in [0.29, 0.717) is 17.1 Å². The van der Waals surface area contributed by atoms with Crippen LogP contribution in [0.15, 0.2) is 264 Å². The summed E-state index contributed by atoms with van der Waals surface area (Å²) < 4.78 is 12.3. The summed E-state index contributed by atoms with van der Waals surface area (Å²) in [6.45, 7) is 0. The lowest BCUT2D eigenvalue weighted by Crippen LogP contribution is -2.18. The standard InChI is InChI=1S/C36H21N3O.C21H14.C16H9ClN2O.2CH4/c1-2-11-24(12-3-1)32-35-33(28-16-6-7-19-30(28)40-35)38-36(37-32)39-29-18-9-14-23-13-8-17-26(31(23)29)27-21-20-22-10-4-5-15-25(22)34(27)39;1-2-9-17-14(5-1)11-12-18-19-10-4-7-15-6-3-8-16(21(15)19)13-20(17)18;17-16-18-13(10-6-2-1-3-7-10)15-14(19-16)11-8-4-5-9-12(11)20-15;;/h1-21H;1-12H,13H2;1-9H;2*1H4. The molecule has 0 amide bonds. The molecule has 83 heavy (non-hydrogen) atoms. The fourth-order valence-electron chi connectivity index (χ4n) is 12.4. The van der Waals surface area contributed by atoms with Crippen LogP contribution in [0.4, 0.5) is 17.3 Å². The van der Waals surface area contributed by atoms with Crippen LogP contribution in [0.25, 0.3) is 132 Å². The Morgan fingerprint density at radius 3 is 1.49 bits per heavy atom. The molecule has 2 aliphatic rings. The molecular formula is C75H52ClN5O2. The van der Waals surface area contributed by atoms with Gasteiger partial charge in [-0.3, -0.25) is 4.90 Å². The summed E-state index contributed by atoms with van der Waals surface area (Å²) in [4.78, 5) is 21.4. The Morgan fingerprint density at radius 2 is 0.843 bits per heavy atom. The van der Waals surface area contributed by atoms with Gasteiger partial charge in [0.05, 0.1) is 11.4 Å². The molecule has 0 unspecified atom stereocenters. The normalized spacial score (nSPS) is 11.9. The predicted molar refractivity (Wildman–Crippen MR) is 346 cm³/mol. The minimum atomic E-state index is 0. The van der Waals surface area contributed by atoms with Crippen LogP contribution in [0.1, 0.15) is 26.0 Å². The highest BCUT2D eigenvalue weighted by molar-refractivity contribution is 6.29. The Bertz CT molecular complexity index is 5180. The lowest BCUT2D eigenvalue weighted by atomic mass is 9.81. The number of halogens is 1. The van der Waals surface area contributed by atoms with E-state index < -0.39 is 0 Å². The van der Waals surface area contributed by atoms with Gasteiger partial charge in [0.1, 0.15) is 33.6 Å². The third kappa shape index (κ3) is 8.35. The van der Waals surface area contributed by atoms with Gasteiger partial charge in [0.25, 0.3) is 0 Å². The minimum absolute atomic E-state index is 0. The highest BCUT2D eigenvalue weighted by Crippen LogP contribution is 2.53. The fraction of sp³-hybridized carbons (Fsp3) is 0.0400. The largest absolute Gasteiger partial charge is 0.452 e. The average molecular weight is 1090 g/mol. The van der Waals surface area contributed by atoms with Gasteiger partial charge in [0, 0.05) is 38.2 Å². The van der Waals surface area contributed by atoms with Crippen LogP contribution in [0.3, 0.4) is 0 Å². The number of hydrogen-bond acceptors (Lipinski definition) is 7. The number of hydrogen-bond donors (Lipinski definition) is 0. The predicted octanol–water partition coefficient (Wildman–Crippen LogP) is 21.3. The number of rotatable bonds is 3. The molecule has 16 aromatic rings. The van der Waals surface area contributed by atoms with E-state index in [9.17, 15) is 0 Å². The van der Waals surface area contributed by atoms with Gasteiger partial charge in [-0.2, -0.15) is 0 Å². The summed E-state index contributed by atoms with van der Waals surface area (Å²) in [7, 11) is 0. The second-order valence-electron chi connectivity index (χ2n) is 20.5. The molecule has 8 heteroatoms. The monoisotopic (exact) mass is 1090 g/mol. The third-order valence-corrected chi connectivity index (χ3v) is 16.1. The molecule has 7 nitrogen and oxygen atoms in total. The van der Waals surface area contributed by atoms with Crippen LogP contribution in [0.2, 0.25) is 5.28 Å². The molecule has 18 rings (SSSR count). The fourth-order valence-corrected chi connectivity index (χ4v) is 12.5. The van der Waals surface area contributed by atoms with E-state index in [4.69, 9.17) is 30.4 Å². The Kier molecular flexibility index (Phi) is 12.6. The zero-order chi connectivity index (χ0) is 53.5. The van der Waals surface area contributed by atoms with Crippen molar-refractivity contribution in [2.24, 2.45) is 0 Å². The third-order valence-electron chi connectivity index (χ3n) is 15.9. The summed E-state index contributed by atoms with van der Waals surface area (Å²) in [5.74, 6) is 0.623. The van der Waals surface area contributed by atoms with E-state index in [0.717, 1.165) is 78.7 Å². The Morgan fingerprint density at radius 1 is 0.361 bits per heavy atom. The van der Waals surface area contributed by atoms with E-state index in [1.165, 1.54) is 71.1 Å². The van der Waals surface area contributed by atoms with Crippen molar-refractivity contribution < 1.29 is 8.83 Å². The van der Waals surface area contributed by atoms with E-state index in [-0.39, 0.29) is 20.1 Å². The molecular weight excluding hydrogens is 1040 g/mol. The Hall–Kier alpha value is -10.5. The summed E-state index contributed by atoms with van der Waals surface area (Å²) >= 11 is 6.07. The van der Waals surface area contributed by atoms with Crippen molar-refractivity contribution in [2.45, 2.75) is 21.3 Å². The van der Waals surface area contributed by atoms with Gasteiger partial charge in [-0.05, 0) is 108 Å². The van der Waals surface area contributed by atoms with Gasteiger partial charge >= 0.3 is 0 Å². The first-order valence-electron chi connectivity index (χ1n) is 27.1. The number of benzene rings is 12. The minimum Gasteiger partial charge on any atom is -0.452 e. The second kappa shape index (κ2) is 20.6. The lowest BCUT2D eigenvalue weighted by molar-refractivity contribution is 0.667. The molecule has 0 N–H and O–H groups in total. The smallest absolute Gasteiger partial charge is 0.236 e. The van der Waals surface area contributed by atoms with Crippen molar-refractivity contribution >= 4 is 116 Å². The molecule has 0 atom stereocenters. The molecule has 1 aliphatic heterocycles. The Balaban J connectivity index is 0.000000121. The first-order valence-corrected chi connectivity index (χ1v) is 27.5. The number of para-hydroxylation sites is 2. The van der Waals surface area contributed by atoms with Crippen molar-refractivity contribution in [1.82, 2.24) is 19.9 Å². The van der Waals surface area contributed by atoms with Gasteiger partial charge in [0.15, 0.2) is 11.2 Å². The van der Waals surface area contributed by atoms with Crippen LogP contribution in [0, 0.1) is 0 Å². The van der Waals surface area contributed by atoms with E-state index in [1.54, 1.807) is 0 Å². The first-order chi connectivity index (χ1) is 40.1. The van der Waals surface area contributed by atoms with E-state index in [2.05, 4.69) is 179 Å². The zero-order valence-electron chi connectivity index (χ0n) is 43.4. The van der Waals surface area contributed by atoms with Gasteiger partial charge in [-0.25, -0.2) is 19.9 Å². The van der Waals surface area contributed by atoms with Crippen molar-refractivity contribution in [2.75, 3.05) is 4.90 Å². The van der Waals surface area contributed by atoms with Crippen LogP contribution in [-0.2, 0) is 6.42 Å². The van der Waals surface area contributed by atoms with Gasteiger partial charge < -0.3 is 8.83 Å². The summed E-state index contributed by atoms with van der Waals surface area (Å²) in [5, 5.41) is 12.4. The van der Waals surface area contributed by atoms with Gasteiger partial charge in [0.2, 0.25) is 11.2 Å². The molecule has 396 valence electrons. The van der Waals surface area contributed by atoms with E-state index in [1.807, 2.05) is 91.0 Å². The van der Waals surface area contributed by atoms with Crippen LogP contribution in [-0.4, -0.2) is 19.9 Å². The average Bonchev–Trinajstić information content (AvgIpc) is 2.46. The van der Waals surface area contributed by atoms with E-state index >= 15 is 0 Å². The maximum absolute atomic E-state index is 6.39. The quantitative estimate of drug-likeness (QED) is 0.163. The molecule has 5 heterocycles. The molecule has 12 aromatic carbocycles. The summed E-state index contributed by atoms with van der Waals surface area (Å²) in [5.41, 5.74) is 18.2. The number of furan rings is 2. The molecule has 0 saturated carbocycles. The van der Waals surface area contributed by atoms with Crippen molar-refractivity contribution in [3.8, 4) is 44.8 Å². The molecule has 4 aromatic heterocycles. The summed E-state index contributed by atoms with van der Waals surface area (Å²) in [6.07, 6.45) is 1.03. The second-order valence-corrected chi connectivity index (χ2v) is 20.8. The highest BCUT2D eigenvalue weighted by atomic mass is 35.5. The molecule has 0 fully saturated rings. The SMILES string of the molecule is C.C.Clc1nc(-c2ccccc2)c2oc3ccccc3c2n1.c1ccc(-c2nc(N3c4c(ccc5ccccc45)-c4cccc5cccc3c45)nc3c2oc2ccccc23)cc1.c1ccc2c3c(ccc2c1)-c1cccc2cccc(c12)C3. The van der Waals surface area contributed by atoms with Gasteiger partial charge in [-0.15, -0.1) is 0 Å². The molecule has 0 spiro atoms. The summed E-state index contributed by atoms with van der Waals surface area (Å²) in [6, 6.07) is 88.5. The maximum atomic E-state index is 6.39. The number of fused-ring (bicyclic) bond motifs is 14. The van der Waals surface area contributed by atoms with Crippen molar-refractivity contribution in [3.63, 3.8) is 0 Å². The first kappa shape index (κ1) is 50.7. The van der Waals surface area contributed by atoms with Gasteiger partial charge in [-0.1, -0.05) is 239 Å². The number of anilines is 3. The number of aromatic nitrogens is 4. The number of nitrogens with zero attached hydrogens (tertiary/aromatic N) is 5. The maximum Gasteiger partial charge on any atom is 0.236 e. The van der Waals surface area contributed by atoms with Crippen molar-refractivity contribution in [1.29, 1.82) is 0 Å². The molecule has 0 radical (unpaired) electrons. The zero-order valence-corrected chi connectivity index (χ0v) is 44.1. The van der Waals surface area contributed by atoms with Crippen LogP contribution >= 0.6 is 11.6 Å². The van der Waals surface area contributed by atoms with Crippen molar-refractivity contribution in [3.05, 3.63) is 271 Å². The van der Waals surface area contributed by atoms with Crippen LogP contribution in [0.5, 0.6) is 0 Å². The molecule has 0 saturated heterocycles. The topological polar surface area (TPSA) is 81.1 Å². The molecule has 0 bridgehead atoms. The molecule has 1 aliphatic carbocycles.